The summed E-state index contributed by atoms with van der Waals surface area (Å²) in [5, 5.41) is 0. The highest BCUT2D eigenvalue weighted by molar-refractivity contribution is 5.96. The lowest BCUT2D eigenvalue weighted by Gasteiger charge is -2.32. The molecule has 0 saturated carbocycles. The second-order valence-electron chi connectivity index (χ2n) is 7.86. The molecule has 0 bridgehead atoms. The van der Waals surface area contributed by atoms with Crippen LogP contribution < -0.4 is 5.56 Å². The lowest BCUT2D eigenvalue weighted by atomic mass is 9.94. The molecule has 1 aliphatic rings. The molecular formula is C23H22N6O2. The van der Waals surface area contributed by atoms with Gasteiger partial charge < -0.3 is 9.88 Å². The molecule has 156 valence electrons. The van der Waals surface area contributed by atoms with E-state index < -0.39 is 0 Å². The Morgan fingerprint density at radius 2 is 2.00 bits per heavy atom. The first-order valence-corrected chi connectivity index (χ1v) is 10.3. The summed E-state index contributed by atoms with van der Waals surface area (Å²) < 4.78 is 1.90. The molecular weight excluding hydrogens is 392 g/mol. The molecule has 1 N–H and O–H groups in total. The van der Waals surface area contributed by atoms with E-state index in [0.717, 1.165) is 24.2 Å². The summed E-state index contributed by atoms with van der Waals surface area (Å²) in [6.07, 6.45) is 5.10. The molecule has 8 heteroatoms. The summed E-state index contributed by atoms with van der Waals surface area (Å²) >= 11 is 0. The molecule has 1 aromatic carbocycles. The lowest BCUT2D eigenvalue weighted by Crippen LogP contribution is -2.39. The van der Waals surface area contributed by atoms with Crippen molar-refractivity contribution in [1.82, 2.24) is 29.4 Å². The number of aryl methyl sites for hydroxylation is 1. The minimum absolute atomic E-state index is 0.0488. The minimum Gasteiger partial charge on any atom is -0.338 e. The van der Waals surface area contributed by atoms with Gasteiger partial charge in [0, 0.05) is 37.0 Å². The van der Waals surface area contributed by atoms with Gasteiger partial charge in [0.2, 0.25) is 0 Å². The van der Waals surface area contributed by atoms with Crippen molar-refractivity contribution >= 4 is 17.1 Å². The van der Waals surface area contributed by atoms with Crippen LogP contribution in [0.25, 0.3) is 16.9 Å². The third-order valence-electron chi connectivity index (χ3n) is 5.68. The van der Waals surface area contributed by atoms with Crippen LogP contribution in [0, 0.1) is 6.92 Å². The van der Waals surface area contributed by atoms with Crippen molar-refractivity contribution in [1.29, 1.82) is 0 Å². The van der Waals surface area contributed by atoms with Crippen LogP contribution in [0.5, 0.6) is 0 Å². The minimum atomic E-state index is -0.158. The van der Waals surface area contributed by atoms with E-state index >= 15 is 0 Å². The summed E-state index contributed by atoms with van der Waals surface area (Å²) in [6.45, 7) is 2.98. The Labute approximate surface area is 178 Å². The zero-order valence-electron chi connectivity index (χ0n) is 17.2. The van der Waals surface area contributed by atoms with Gasteiger partial charge in [0.15, 0.2) is 5.65 Å². The molecule has 1 atom stereocenters. The van der Waals surface area contributed by atoms with E-state index in [2.05, 4.69) is 19.9 Å². The Bertz CT molecular complexity index is 1310. The number of carbonyl (C=O) groups is 1. The maximum atomic E-state index is 13.2. The van der Waals surface area contributed by atoms with E-state index in [9.17, 15) is 9.59 Å². The quantitative estimate of drug-likeness (QED) is 0.556. The van der Waals surface area contributed by atoms with E-state index in [4.69, 9.17) is 0 Å². The van der Waals surface area contributed by atoms with E-state index in [1.807, 2.05) is 39.8 Å². The zero-order chi connectivity index (χ0) is 21.4. The zero-order valence-corrected chi connectivity index (χ0v) is 17.2. The smallest absolute Gasteiger partial charge is 0.255 e. The molecule has 4 heterocycles. The van der Waals surface area contributed by atoms with Gasteiger partial charge in [0.25, 0.3) is 11.5 Å². The number of fused-ring (bicyclic) bond motifs is 1. The van der Waals surface area contributed by atoms with Crippen molar-refractivity contribution in [3.05, 3.63) is 82.4 Å². The molecule has 8 nitrogen and oxygen atoms in total. The van der Waals surface area contributed by atoms with Crippen LogP contribution in [-0.2, 0) is 0 Å². The fourth-order valence-electron chi connectivity index (χ4n) is 4.19. The van der Waals surface area contributed by atoms with Crippen LogP contribution in [0.1, 0.15) is 40.6 Å². The SMILES string of the molecule is Cc1nc(C2CCCN(C(=O)c3cnc4c(c3)ncn4-c3ccccc3)C2)cc(=O)[nH]1. The standard InChI is InChI=1S/C23H22N6O2/c1-15-26-19(11-21(30)27-15)16-6-5-9-28(13-16)23(31)17-10-20-22(24-12-17)29(14-25-20)18-7-3-2-4-8-18/h2-4,7-8,10-12,14,16H,5-6,9,13H2,1H3,(H,26,27,30). The number of pyridine rings is 1. The Hall–Kier alpha value is -3.81. The number of para-hydroxylation sites is 1. The molecule has 0 spiro atoms. The molecule has 1 saturated heterocycles. The van der Waals surface area contributed by atoms with Crippen molar-refractivity contribution in [3.8, 4) is 5.69 Å². The number of likely N-dealkylation sites (tertiary alicyclic amines) is 1. The maximum absolute atomic E-state index is 13.2. The van der Waals surface area contributed by atoms with Gasteiger partial charge in [-0.1, -0.05) is 18.2 Å². The topological polar surface area (TPSA) is 96.8 Å². The number of imidazole rings is 1. The fourth-order valence-corrected chi connectivity index (χ4v) is 4.19. The molecule has 1 unspecified atom stereocenters. The molecule has 0 aliphatic carbocycles. The van der Waals surface area contributed by atoms with E-state index in [-0.39, 0.29) is 17.4 Å². The average molecular weight is 414 g/mol. The monoisotopic (exact) mass is 414 g/mol. The van der Waals surface area contributed by atoms with Crippen molar-refractivity contribution < 1.29 is 4.79 Å². The number of hydrogen-bond donors (Lipinski definition) is 1. The third kappa shape index (κ3) is 3.72. The molecule has 4 aromatic rings. The van der Waals surface area contributed by atoms with Crippen LogP contribution in [0.15, 0.2) is 59.8 Å². The maximum Gasteiger partial charge on any atom is 0.255 e. The largest absolute Gasteiger partial charge is 0.338 e. The first kappa shape index (κ1) is 19.2. The number of carbonyl (C=O) groups excluding carboxylic acids is 1. The Morgan fingerprint density at radius 1 is 1.16 bits per heavy atom. The Balaban J connectivity index is 1.40. The van der Waals surface area contributed by atoms with Gasteiger partial charge in [0.1, 0.15) is 17.7 Å². The molecule has 1 fully saturated rings. The number of nitrogens with one attached hydrogen (secondary N) is 1. The van der Waals surface area contributed by atoms with Crippen molar-refractivity contribution in [2.24, 2.45) is 0 Å². The van der Waals surface area contributed by atoms with Crippen LogP contribution in [0.2, 0.25) is 0 Å². The third-order valence-corrected chi connectivity index (χ3v) is 5.68. The second kappa shape index (κ2) is 7.79. The highest BCUT2D eigenvalue weighted by atomic mass is 16.2. The van der Waals surface area contributed by atoms with Crippen LogP contribution >= 0.6 is 0 Å². The fraction of sp³-hybridized carbons (Fsp3) is 0.261. The number of benzene rings is 1. The predicted molar refractivity (Wildman–Crippen MR) is 116 cm³/mol. The Kier molecular flexibility index (Phi) is 4.82. The van der Waals surface area contributed by atoms with Crippen LogP contribution in [0.3, 0.4) is 0 Å². The number of H-pyrrole nitrogens is 1. The van der Waals surface area contributed by atoms with Gasteiger partial charge in [-0.2, -0.15) is 0 Å². The number of nitrogens with zero attached hydrogens (tertiary/aromatic N) is 5. The van der Waals surface area contributed by atoms with Crippen molar-refractivity contribution in [2.75, 3.05) is 13.1 Å². The van der Waals surface area contributed by atoms with E-state index in [0.29, 0.717) is 35.6 Å². The number of rotatable bonds is 3. The van der Waals surface area contributed by atoms with Gasteiger partial charge in [0.05, 0.1) is 11.3 Å². The van der Waals surface area contributed by atoms with E-state index in [1.54, 1.807) is 25.5 Å². The number of aromatic nitrogens is 5. The number of aromatic amines is 1. The highest BCUT2D eigenvalue weighted by Gasteiger charge is 2.27. The molecule has 1 amide bonds. The molecule has 31 heavy (non-hydrogen) atoms. The number of amides is 1. The second-order valence-corrected chi connectivity index (χ2v) is 7.86. The highest BCUT2D eigenvalue weighted by Crippen LogP contribution is 2.26. The van der Waals surface area contributed by atoms with Crippen LogP contribution in [-0.4, -0.2) is 48.4 Å². The number of hydrogen-bond acceptors (Lipinski definition) is 5. The van der Waals surface area contributed by atoms with Crippen molar-refractivity contribution in [3.63, 3.8) is 0 Å². The van der Waals surface area contributed by atoms with Crippen LogP contribution in [0.4, 0.5) is 0 Å². The number of piperidine rings is 1. The lowest BCUT2D eigenvalue weighted by molar-refractivity contribution is 0.0705. The van der Waals surface area contributed by atoms with E-state index in [1.165, 1.54) is 6.07 Å². The summed E-state index contributed by atoms with van der Waals surface area (Å²) in [7, 11) is 0. The Morgan fingerprint density at radius 3 is 2.81 bits per heavy atom. The molecule has 1 aliphatic heterocycles. The van der Waals surface area contributed by atoms with Gasteiger partial charge in [-0.05, 0) is 38.0 Å². The van der Waals surface area contributed by atoms with Gasteiger partial charge in [-0.15, -0.1) is 0 Å². The van der Waals surface area contributed by atoms with Gasteiger partial charge in [-0.25, -0.2) is 15.0 Å². The average Bonchev–Trinajstić information content (AvgIpc) is 3.22. The van der Waals surface area contributed by atoms with Crippen molar-refractivity contribution in [2.45, 2.75) is 25.7 Å². The summed E-state index contributed by atoms with van der Waals surface area (Å²) in [5.74, 6) is 0.567. The summed E-state index contributed by atoms with van der Waals surface area (Å²) in [6, 6.07) is 13.2. The van der Waals surface area contributed by atoms with Gasteiger partial charge in [-0.3, -0.25) is 14.2 Å². The first-order valence-electron chi connectivity index (χ1n) is 10.3. The predicted octanol–water partition coefficient (Wildman–Crippen LogP) is 2.83. The molecule has 3 aromatic heterocycles. The summed E-state index contributed by atoms with van der Waals surface area (Å²) in [4.78, 5) is 43.0. The normalized spacial score (nSPS) is 16.5. The van der Waals surface area contributed by atoms with Gasteiger partial charge >= 0.3 is 0 Å². The molecule has 0 radical (unpaired) electrons. The first-order chi connectivity index (χ1) is 15.1. The molecule has 5 rings (SSSR count). The summed E-state index contributed by atoms with van der Waals surface area (Å²) in [5.41, 5.74) is 3.46.